The first-order valence-corrected chi connectivity index (χ1v) is 6.19. The Morgan fingerprint density at radius 1 is 1.37 bits per heavy atom. The summed E-state index contributed by atoms with van der Waals surface area (Å²) in [5.41, 5.74) is 5.71. The smallest absolute Gasteiger partial charge is 0.326 e. The lowest BCUT2D eigenvalue weighted by Gasteiger charge is -2.20. The third-order valence-corrected chi connectivity index (χ3v) is 3.04. The fourth-order valence-electron chi connectivity index (χ4n) is 1.40. The summed E-state index contributed by atoms with van der Waals surface area (Å²) in [4.78, 5) is 33.7. The first kappa shape index (κ1) is 17.4. The van der Waals surface area contributed by atoms with E-state index in [1.165, 1.54) is 7.11 Å². The van der Waals surface area contributed by atoms with Gasteiger partial charge in [-0.2, -0.15) is 0 Å². The summed E-state index contributed by atoms with van der Waals surface area (Å²) >= 11 is 0. The number of ether oxygens (including phenoxy) is 1. The molecule has 0 radical (unpaired) electrons. The first-order chi connectivity index (χ1) is 8.83. The molecular formula is C12H22N2O5. The number of carbonyl (C=O) groups is 3. The molecule has 3 atom stereocenters. The molecule has 0 saturated carbocycles. The van der Waals surface area contributed by atoms with Crippen LogP contribution >= 0.6 is 0 Å². The maximum atomic E-state index is 11.8. The third-order valence-electron chi connectivity index (χ3n) is 3.04. The van der Waals surface area contributed by atoms with Crippen LogP contribution in [0.3, 0.4) is 0 Å². The molecule has 0 aromatic rings. The molecule has 0 rings (SSSR count). The van der Waals surface area contributed by atoms with E-state index < -0.39 is 29.9 Å². The number of methoxy groups -OCH3 is 1. The molecular weight excluding hydrogens is 252 g/mol. The van der Waals surface area contributed by atoms with Gasteiger partial charge in [0.15, 0.2) is 0 Å². The van der Waals surface area contributed by atoms with Crippen molar-refractivity contribution in [3.63, 3.8) is 0 Å². The quantitative estimate of drug-likeness (QED) is 0.531. The normalized spacial score (nSPS) is 15.2. The van der Waals surface area contributed by atoms with Crippen LogP contribution in [0.15, 0.2) is 0 Å². The van der Waals surface area contributed by atoms with E-state index in [2.05, 4.69) is 10.1 Å². The van der Waals surface area contributed by atoms with Crippen LogP contribution in [0, 0.1) is 5.92 Å². The molecule has 0 aliphatic rings. The highest BCUT2D eigenvalue weighted by Gasteiger charge is 2.26. The summed E-state index contributed by atoms with van der Waals surface area (Å²) < 4.78 is 4.42. The van der Waals surface area contributed by atoms with Gasteiger partial charge in [0, 0.05) is 6.42 Å². The zero-order valence-electron chi connectivity index (χ0n) is 11.5. The number of carboxylic acid groups (broad SMARTS) is 1. The number of hydrogen-bond donors (Lipinski definition) is 3. The molecule has 0 heterocycles. The monoisotopic (exact) mass is 274 g/mol. The van der Waals surface area contributed by atoms with Crippen LogP contribution in [0.2, 0.25) is 0 Å². The average molecular weight is 274 g/mol. The van der Waals surface area contributed by atoms with Crippen molar-refractivity contribution in [1.29, 1.82) is 0 Å². The van der Waals surface area contributed by atoms with Crippen LogP contribution in [0.5, 0.6) is 0 Å². The van der Waals surface area contributed by atoms with Crippen molar-refractivity contribution in [2.75, 3.05) is 7.11 Å². The Hall–Kier alpha value is -1.63. The minimum atomic E-state index is -1.20. The molecule has 1 amide bonds. The van der Waals surface area contributed by atoms with E-state index in [1.54, 1.807) is 0 Å². The second kappa shape index (κ2) is 8.47. The van der Waals surface area contributed by atoms with Crippen molar-refractivity contribution in [3.8, 4) is 0 Å². The van der Waals surface area contributed by atoms with Gasteiger partial charge in [-0.15, -0.1) is 0 Å². The lowest BCUT2D eigenvalue weighted by Crippen LogP contribution is -2.50. The summed E-state index contributed by atoms with van der Waals surface area (Å²) in [6.45, 7) is 3.71. The van der Waals surface area contributed by atoms with Crippen LogP contribution in [-0.4, -0.2) is 42.1 Å². The van der Waals surface area contributed by atoms with Crippen LogP contribution in [-0.2, 0) is 19.1 Å². The fourth-order valence-corrected chi connectivity index (χ4v) is 1.40. The van der Waals surface area contributed by atoms with Gasteiger partial charge in [-0.05, 0) is 12.3 Å². The van der Waals surface area contributed by atoms with E-state index >= 15 is 0 Å². The zero-order valence-corrected chi connectivity index (χ0v) is 11.5. The summed E-state index contributed by atoms with van der Waals surface area (Å²) in [7, 11) is 1.22. The predicted octanol–water partition coefficient (Wildman–Crippen LogP) is -0.118. The van der Waals surface area contributed by atoms with Gasteiger partial charge < -0.3 is 20.9 Å². The number of nitrogens with two attached hydrogens (primary N) is 1. The third kappa shape index (κ3) is 6.19. The average Bonchev–Trinajstić information content (AvgIpc) is 2.40. The Morgan fingerprint density at radius 2 is 1.95 bits per heavy atom. The standard InChI is InChI=1S/C12H22N2O5/c1-4-7(2)10(13)11(16)14-8(12(17)18)5-6-9(15)19-3/h7-8,10H,4-6,13H2,1-3H3,(H,14,16)(H,17,18)/t7?,8-,10+/m1/s1. The minimum absolute atomic E-state index is 0.0268. The van der Waals surface area contributed by atoms with Gasteiger partial charge in [-0.3, -0.25) is 9.59 Å². The minimum Gasteiger partial charge on any atom is -0.480 e. The molecule has 7 nitrogen and oxygen atoms in total. The lowest BCUT2D eigenvalue weighted by molar-refractivity contribution is -0.144. The van der Waals surface area contributed by atoms with Crippen molar-refractivity contribution in [2.45, 2.75) is 45.2 Å². The number of amides is 1. The van der Waals surface area contributed by atoms with E-state index in [1.807, 2.05) is 13.8 Å². The highest BCUT2D eigenvalue weighted by molar-refractivity contribution is 5.87. The van der Waals surface area contributed by atoms with Crippen molar-refractivity contribution in [1.82, 2.24) is 5.32 Å². The number of aliphatic carboxylic acids is 1. The van der Waals surface area contributed by atoms with Gasteiger partial charge in [0.25, 0.3) is 0 Å². The molecule has 0 aliphatic carbocycles. The second-order valence-corrected chi connectivity index (χ2v) is 4.43. The Kier molecular flexibility index (Phi) is 7.74. The van der Waals surface area contributed by atoms with Gasteiger partial charge >= 0.3 is 11.9 Å². The zero-order chi connectivity index (χ0) is 15.0. The van der Waals surface area contributed by atoms with E-state index in [0.717, 1.165) is 0 Å². The topological polar surface area (TPSA) is 119 Å². The molecule has 7 heteroatoms. The highest BCUT2D eigenvalue weighted by Crippen LogP contribution is 2.07. The van der Waals surface area contributed by atoms with Gasteiger partial charge in [0.05, 0.1) is 13.2 Å². The van der Waals surface area contributed by atoms with E-state index in [9.17, 15) is 14.4 Å². The molecule has 0 spiro atoms. The molecule has 4 N–H and O–H groups in total. The largest absolute Gasteiger partial charge is 0.480 e. The van der Waals surface area contributed by atoms with Crippen molar-refractivity contribution in [2.24, 2.45) is 11.7 Å². The molecule has 0 aromatic heterocycles. The highest BCUT2D eigenvalue weighted by atomic mass is 16.5. The molecule has 0 bridgehead atoms. The summed E-state index contributed by atoms with van der Waals surface area (Å²) in [5.74, 6) is -2.29. The van der Waals surface area contributed by atoms with Crippen molar-refractivity contribution >= 4 is 17.8 Å². The molecule has 0 aliphatic heterocycles. The van der Waals surface area contributed by atoms with E-state index in [4.69, 9.17) is 10.8 Å². The number of rotatable bonds is 8. The number of carboxylic acids is 1. The second-order valence-electron chi connectivity index (χ2n) is 4.43. The number of nitrogens with one attached hydrogen (secondary N) is 1. The molecule has 0 fully saturated rings. The Bertz CT molecular complexity index is 332. The summed E-state index contributed by atoms with van der Waals surface area (Å²) in [6.07, 6.45) is 0.613. The maximum Gasteiger partial charge on any atom is 0.326 e. The molecule has 0 saturated heterocycles. The Balaban J connectivity index is 4.46. The fraction of sp³-hybridized carbons (Fsp3) is 0.750. The molecule has 19 heavy (non-hydrogen) atoms. The van der Waals surface area contributed by atoms with Crippen LogP contribution < -0.4 is 11.1 Å². The maximum absolute atomic E-state index is 11.8. The van der Waals surface area contributed by atoms with Crippen molar-refractivity contribution in [3.05, 3.63) is 0 Å². The number of carbonyl (C=O) groups excluding carboxylic acids is 2. The van der Waals surface area contributed by atoms with Crippen LogP contribution in [0.25, 0.3) is 0 Å². The Morgan fingerprint density at radius 3 is 2.37 bits per heavy atom. The Labute approximate surface area is 112 Å². The molecule has 110 valence electrons. The predicted molar refractivity (Wildman–Crippen MR) is 68.2 cm³/mol. The van der Waals surface area contributed by atoms with Gasteiger partial charge in [-0.25, -0.2) is 4.79 Å². The van der Waals surface area contributed by atoms with E-state index in [-0.39, 0.29) is 18.8 Å². The molecule has 0 aromatic carbocycles. The van der Waals surface area contributed by atoms with Crippen LogP contribution in [0.1, 0.15) is 33.1 Å². The first-order valence-electron chi connectivity index (χ1n) is 6.19. The summed E-state index contributed by atoms with van der Waals surface area (Å²) in [6, 6.07) is -1.90. The SMILES string of the molecule is CCC(C)[C@H](N)C(=O)N[C@H](CCC(=O)OC)C(=O)O. The van der Waals surface area contributed by atoms with Crippen LogP contribution in [0.4, 0.5) is 0 Å². The molecule has 1 unspecified atom stereocenters. The van der Waals surface area contributed by atoms with Gasteiger partial charge in [-0.1, -0.05) is 20.3 Å². The van der Waals surface area contributed by atoms with Gasteiger partial charge in [0.1, 0.15) is 6.04 Å². The summed E-state index contributed by atoms with van der Waals surface area (Å²) in [5, 5.41) is 11.3. The number of esters is 1. The lowest BCUT2D eigenvalue weighted by atomic mass is 9.99. The van der Waals surface area contributed by atoms with Crippen molar-refractivity contribution < 1.29 is 24.2 Å². The van der Waals surface area contributed by atoms with E-state index in [0.29, 0.717) is 6.42 Å². The van der Waals surface area contributed by atoms with Gasteiger partial charge in [0.2, 0.25) is 5.91 Å². The number of hydrogen-bond acceptors (Lipinski definition) is 5.